The van der Waals surface area contributed by atoms with Crippen molar-refractivity contribution >= 4 is 17.3 Å². The minimum absolute atomic E-state index is 0.0739. The number of benzene rings is 1. The molecule has 0 spiro atoms. The Morgan fingerprint density at radius 1 is 1.25 bits per heavy atom. The molecule has 2 aromatic rings. The molecule has 2 rings (SSSR count). The van der Waals surface area contributed by atoms with Crippen molar-refractivity contribution in [2.45, 2.75) is 5.88 Å². The summed E-state index contributed by atoms with van der Waals surface area (Å²) in [5.74, 6) is 0.988. The van der Waals surface area contributed by atoms with E-state index in [1.165, 1.54) is 12.1 Å². The molecule has 0 saturated carbocycles. The number of non-ortho nitro benzene ring substituents is 1. The first-order valence-corrected chi connectivity index (χ1v) is 5.12. The van der Waals surface area contributed by atoms with Crippen molar-refractivity contribution in [2.24, 2.45) is 0 Å². The topological polar surface area (TPSA) is 56.3 Å². The van der Waals surface area contributed by atoms with Crippen LogP contribution in [0.4, 0.5) is 5.69 Å². The Hall–Kier alpha value is -1.81. The maximum absolute atomic E-state index is 10.5. The molecule has 5 heteroatoms. The van der Waals surface area contributed by atoms with Gasteiger partial charge in [0.1, 0.15) is 5.76 Å². The Kier molecular flexibility index (Phi) is 2.92. The number of alkyl halides is 1. The van der Waals surface area contributed by atoms with Crippen LogP contribution in [0.2, 0.25) is 0 Å². The van der Waals surface area contributed by atoms with E-state index in [0.717, 1.165) is 11.1 Å². The first kappa shape index (κ1) is 10.7. The van der Waals surface area contributed by atoms with Gasteiger partial charge in [-0.2, -0.15) is 0 Å². The van der Waals surface area contributed by atoms with E-state index in [9.17, 15) is 10.1 Å². The van der Waals surface area contributed by atoms with Crippen LogP contribution in [0.5, 0.6) is 0 Å². The lowest BCUT2D eigenvalue weighted by atomic mass is 10.1. The Bertz CT molecular complexity index is 504. The highest BCUT2D eigenvalue weighted by Gasteiger charge is 2.07. The van der Waals surface area contributed by atoms with Crippen LogP contribution in [-0.4, -0.2) is 4.92 Å². The van der Waals surface area contributed by atoms with E-state index >= 15 is 0 Å². The van der Waals surface area contributed by atoms with Crippen LogP contribution in [0.25, 0.3) is 11.1 Å². The molecule has 16 heavy (non-hydrogen) atoms. The van der Waals surface area contributed by atoms with Crippen molar-refractivity contribution in [3.63, 3.8) is 0 Å². The van der Waals surface area contributed by atoms with E-state index < -0.39 is 4.92 Å². The minimum atomic E-state index is -0.427. The number of hydrogen-bond acceptors (Lipinski definition) is 3. The second-order valence-corrected chi connectivity index (χ2v) is 3.51. The van der Waals surface area contributed by atoms with E-state index in [2.05, 4.69) is 0 Å². The van der Waals surface area contributed by atoms with Gasteiger partial charge in [0.05, 0.1) is 17.1 Å². The van der Waals surface area contributed by atoms with Crippen molar-refractivity contribution in [1.82, 2.24) is 0 Å². The molecule has 0 N–H and O–H groups in total. The summed E-state index contributed by atoms with van der Waals surface area (Å²) >= 11 is 5.61. The molecule has 0 aliphatic carbocycles. The number of rotatable bonds is 3. The standard InChI is InChI=1S/C11H8ClNO3/c12-6-11-5-9(7-16-11)8-1-3-10(4-2-8)13(14)15/h1-5,7H,6H2. The first-order valence-electron chi connectivity index (χ1n) is 4.59. The van der Waals surface area contributed by atoms with E-state index in [-0.39, 0.29) is 5.69 Å². The zero-order valence-electron chi connectivity index (χ0n) is 8.22. The van der Waals surface area contributed by atoms with Crippen molar-refractivity contribution < 1.29 is 9.34 Å². The van der Waals surface area contributed by atoms with Gasteiger partial charge in [-0.1, -0.05) is 0 Å². The minimum Gasteiger partial charge on any atom is -0.467 e. The van der Waals surface area contributed by atoms with Gasteiger partial charge in [0.25, 0.3) is 5.69 Å². The van der Waals surface area contributed by atoms with Crippen LogP contribution in [0.1, 0.15) is 5.76 Å². The molecule has 4 nitrogen and oxygen atoms in total. The highest BCUT2D eigenvalue weighted by atomic mass is 35.5. The zero-order valence-corrected chi connectivity index (χ0v) is 8.98. The Morgan fingerprint density at radius 3 is 2.44 bits per heavy atom. The van der Waals surface area contributed by atoms with Crippen LogP contribution in [-0.2, 0) is 5.88 Å². The normalized spacial score (nSPS) is 10.3. The van der Waals surface area contributed by atoms with Crippen molar-refractivity contribution in [2.75, 3.05) is 0 Å². The number of furan rings is 1. The quantitative estimate of drug-likeness (QED) is 0.466. The zero-order chi connectivity index (χ0) is 11.5. The summed E-state index contributed by atoms with van der Waals surface area (Å²) in [4.78, 5) is 10.0. The molecule has 0 saturated heterocycles. The molecule has 0 amide bonds. The van der Waals surface area contributed by atoms with Gasteiger partial charge >= 0.3 is 0 Å². The smallest absolute Gasteiger partial charge is 0.269 e. The molecule has 0 fully saturated rings. The third-order valence-electron chi connectivity index (χ3n) is 2.20. The summed E-state index contributed by atoms with van der Waals surface area (Å²) in [5, 5.41) is 10.5. The second-order valence-electron chi connectivity index (χ2n) is 3.24. The third-order valence-corrected chi connectivity index (χ3v) is 2.46. The highest BCUT2D eigenvalue weighted by Crippen LogP contribution is 2.24. The van der Waals surface area contributed by atoms with Crippen molar-refractivity contribution in [1.29, 1.82) is 0 Å². The molecule has 0 bridgehead atoms. The predicted molar refractivity (Wildman–Crippen MR) is 60.4 cm³/mol. The largest absolute Gasteiger partial charge is 0.467 e. The Morgan fingerprint density at radius 2 is 1.94 bits per heavy atom. The van der Waals surface area contributed by atoms with Crippen molar-refractivity contribution in [3.05, 3.63) is 52.5 Å². The summed E-state index contributed by atoms with van der Waals surface area (Å²) in [5.41, 5.74) is 1.81. The Balaban J connectivity index is 2.30. The highest BCUT2D eigenvalue weighted by molar-refractivity contribution is 6.16. The van der Waals surface area contributed by atoms with Crippen LogP contribution < -0.4 is 0 Å². The summed E-state index contributed by atoms with van der Waals surface area (Å²) < 4.78 is 5.18. The van der Waals surface area contributed by atoms with Crippen LogP contribution in [0.15, 0.2) is 41.0 Å². The second kappa shape index (κ2) is 4.37. The third kappa shape index (κ3) is 2.06. The van der Waals surface area contributed by atoms with Crippen molar-refractivity contribution in [3.8, 4) is 11.1 Å². The van der Waals surface area contributed by atoms with Gasteiger partial charge in [-0.05, 0) is 23.8 Å². The fourth-order valence-electron chi connectivity index (χ4n) is 1.38. The molecule has 0 radical (unpaired) electrons. The fourth-order valence-corrected chi connectivity index (χ4v) is 1.52. The molecule has 0 unspecified atom stereocenters. The molecular weight excluding hydrogens is 230 g/mol. The van der Waals surface area contributed by atoms with Crippen LogP contribution in [0.3, 0.4) is 0 Å². The number of nitrogens with zero attached hydrogens (tertiary/aromatic N) is 1. The molecule has 1 aromatic heterocycles. The molecule has 0 aliphatic heterocycles. The summed E-state index contributed by atoms with van der Waals surface area (Å²) in [6.45, 7) is 0. The predicted octanol–water partition coefficient (Wildman–Crippen LogP) is 3.59. The molecule has 0 atom stereocenters. The fraction of sp³-hybridized carbons (Fsp3) is 0.0909. The van der Waals surface area contributed by atoms with E-state index in [1.807, 2.05) is 6.07 Å². The molecule has 1 aromatic carbocycles. The van der Waals surface area contributed by atoms with E-state index in [0.29, 0.717) is 11.6 Å². The van der Waals surface area contributed by atoms with Gasteiger partial charge in [-0.15, -0.1) is 11.6 Å². The van der Waals surface area contributed by atoms with Crippen LogP contribution >= 0.6 is 11.6 Å². The van der Waals surface area contributed by atoms with Gasteiger partial charge in [0.2, 0.25) is 0 Å². The van der Waals surface area contributed by atoms with Gasteiger partial charge in [-0.25, -0.2) is 0 Å². The first-order chi connectivity index (χ1) is 7.70. The SMILES string of the molecule is O=[N+]([O-])c1ccc(-c2coc(CCl)c2)cc1. The van der Waals surface area contributed by atoms with E-state index in [4.69, 9.17) is 16.0 Å². The lowest BCUT2D eigenvalue weighted by molar-refractivity contribution is -0.384. The Labute approximate surface area is 96.6 Å². The molecular formula is C11H8ClNO3. The van der Waals surface area contributed by atoms with Crippen LogP contribution in [0, 0.1) is 10.1 Å². The summed E-state index contributed by atoms with van der Waals surface area (Å²) in [7, 11) is 0. The van der Waals surface area contributed by atoms with Gasteiger partial charge in [0.15, 0.2) is 0 Å². The monoisotopic (exact) mass is 237 g/mol. The number of hydrogen-bond donors (Lipinski definition) is 0. The summed E-state index contributed by atoms with van der Waals surface area (Å²) in [6.07, 6.45) is 1.58. The lowest BCUT2D eigenvalue weighted by Gasteiger charge is -1.95. The van der Waals surface area contributed by atoms with Gasteiger partial charge in [-0.3, -0.25) is 10.1 Å². The molecule has 1 heterocycles. The maximum atomic E-state index is 10.5. The number of nitro benzene ring substituents is 1. The average molecular weight is 238 g/mol. The van der Waals surface area contributed by atoms with E-state index in [1.54, 1.807) is 18.4 Å². The molecule has 82 valence electrons. The number of nitro groups is 1. The lowest BCUT2D eigenvalue weighted by Crippen LogP contribution is -1.86. The van der Waals surface area contributed by atoms with Gasteiger partial charge < -0.3 is 4.42 Å². The molecule has 0 aliphatic rings. The maximum Gasteiger partial charge on any atom is 0.269 e. The number of halogens is 1. The summed E-state index contributed by atoms with van der Waals surface area (Å²) in [6, 6.07) is 8.10. The average Bonchev–Trinajstić information content (AvgIpc) is 2.77. The van der Waals surface area contributed by atoms with Gasteiger partial charge in [0, 0.05) is 17.7 Å².